The summed E-state index contributed by atoms with van der Waals surface area (Å²) in [6, 6.07) is 4.25. The number of nitrogens with two attached hydrogens (primary N) is 1. The lowest BCUT2D eigenvalue weighted by Gasteiger charge is -2.31. The van der Waals surface area contributed by atoms with Crippen molar-refractivity contribution in [3.63, 3.8) is 0 Å². The van der Waals surface area contributed by atoms with Gasteiger partial charge in [-0.25, -0.2) is 12.8 Å². The lowest BCUT2D eigenvalue weighted by atomic mass is 9.86. The van der Waals surface area contributed by atoms with E-state index in [-0.39, 0.29) is 23.0 Å². The Balaban J connectivity index is 1.99. The van der Waals surface area contributed by atoms with Gasteiger partial charge in [0.05, 0.1) is 4.90 Å². The number of halogens is 1. The fourth-order valence-electron chi connectivity index (χ4n) is 3.77. The van der Waals surface area contributed by atoms with Crippen LogP contribution in [0.1, 0.15) is 37.7 Å². The number of hydrogen-bond acceptors (Lipinski definition) is 3. The molecule has 1 aliphatic carbocycles. The van der Waals surface area contributed by atoms with Gasteiger partial charge in [-0.1, -0.05) is 18.9 Å². The van der Waals surface area contributed by atoms with E-state index in [9.17, 15) is 12.8 Å². The third kappa shape index (κ3) is 2.49. The molecule has 2 unspecified atom stereocenters. The van der Waals surface area contributed by atoms with Crippen LogP contribution < -0.4 is 5.73 Å². The number of rotatable bonds is 3. The summed E-state index contributed by atoms with van der Waals surface area (Å²) >= 11 is 0. The van der Waals surface area contributed by atoms with E-state index in [1.807, 2.05) is 0 Å². The number of nitrogens with zero attached hydrogens (tertiary/aromatic N) is 1. The second kappa shape index (κ2) is 5.66. The first-order valence-corrected chi connectivity index (χ1v) is 8.99. The molecule has 1 heterocycles. The maximum atomic E-state index is 13.8. The summed E-state index contributed by atoms with van der Waals surface area (Å²) in [6.07, 6.45) is 5.18. The van der Waals surface area contributed by atoms with E-state index in [2.05, 4.69) is 0 Å². The molecule has 0 amide bonds. The SMILES string of the molecule is NCc1c(F)cccc1S(=O)(=O)N1CCC2CCCCC21. The summed E-state index contributed by atoms with van der Waals surface area (Å²) in [7, 11) is -3.66. The fraction of sp³-hybridized carbons (Fsp3) is 0.600. The maximum absolute atomic E-state index is 13.8. The Morgan fingerprint density at radius 2 is 2.00 bits per heavy atom. The van der Waals surface area contributed by atoms with Crippen LogP contribution >= 0.6 is 0 Å². The minimum Gasteiger partial charge on any atom is -0.326 e. The van der Waals surface area contributed by atoms with Gasteiger partial charge in [0, 0.05) is 24.7 Å². The molecule has 6 heteroatoms. The maximum Gasteiger partial charge on any atom is 0.243 e. The number of hydrogen-bond donors (Lipinski definition) is 1. The Bertz CT molecular complexity index is 633. The Labute approximate surface area is 125 Å². The third-order valence-corrected chi connectivity index (χ3v) is 6.83. The van der Waals surface area contributed by atoms with Gasteiger partial charge in [-0.2, -0.15) is 4.31 Å². The van der Waals surface area contributed by atoms with Crippen LogP contribution in [-0.4, -0.2) is 25.3 Å². The smallest absolute Gasteiger partial charge is 0.243 e. The predicted molar refractivity (Wildman–Crippen MR) is 78.5 cm³/mol. The lowest BCUT2D eigenvalue weighted by Crippen LogP contribution is -2.39. The van der Waals surface area contributed by atoms with Crippen molar-refractivity contribution in [1.29, 1.82) is 0 Å². The summed E-state index contributed by atoms with van der Waals surface area (Å²) in [5.74, 6) is -0.0821. The molecule has 1 aliphatic heterocycles. The molecule has 2 fully saturated rings. The van der Waals surface area contributed by atoms with Crippen LogP contribution in [-0.2, 0) is 16.6 Å². The van der Waals surface area contributed by atoms with Crippen molar-refractivity contribution in [2.24, 2.45) is 11.7 Å². The Hall–Kier alpha value is -0.980. The van der Waals surface area contributed by atoms with E-state index < -0.39 is 15.8 Å². The average molecular weight is 312 g/mol. The van der Waals surface area contributed by atoms with Gasteiger partial charge in [0.1, 0.15) is 5.82 Å². The van der Waals surface area contributed by atoms with Crippen LogP contribution in [0, 0.1) is 11.7 Å². The zero-order chi connectivity index (χ0) is 15.0. The molecule has 1 saturated carbocycles. The van der Waals surface area contributed by atoms with Crippen molar-refractivity contribution < 1.29 is 12.8 Å². The molecular weight excluding hydrogens is 291 g/mol. The van der Waals surface area contributed by atoms with E-state index in [4.69, 9.17) is 5.73 Å². The summed E-state index contributed by atoms with van der Waals surface area (Å²) in [4.78, 5) is 0.0382. The van der Waals surface area contributed by atoms with Crippen molar-refractivity contribution in [3.05, 3.63) is 29.6 Å². The molecule has 1 aromatic carbocycles. The Morgan fingerprint density at radius 1 is 1.24 bits per heavy atom. The van der Waals surface area contributed by atoms with Crippen LogP contribution in [0.5, 0.6) is 0 Å². The molecular formula is C15H21FN2O2S. The predicted octanol–water partition coefficient (Wildman–Crippen LogP) is 2.24. The van der Waals surface area contributed by atoms with Gasteiger partial charge in [0.15, 0.2) is 0 Å². The summed E-state index contributed by atoms with van der Waals surface area (Å²) in [5.41, 5.74) is 5.65. The van der Waals surface area contributed by atoms with Gasteiger partial charge in [-0.05, 0) is 37.3 Å². The molecule has 1 aromatic rings. The molecule has 21 heavy (non-hydrogen) atoms. The van der Waals surface area contributed by atoms with Gasteiger partial charge in [0.2, 0.25) is 10.0 Å². The molecule has 0 aromatic heterocycles. The van der Waals surface area contributed by atoms with Crippen LogP contribution in [0.2, 0.25) is 0 Å². The van der Waals surface area contributed by atoms with Crippen LogP contribution in [0.3, 0.4) is 0 Å². The average Bonchev–Trinajstić information content (AvgIpc) is 2.91. The van der Waals surface area contributed by atoms with Crippen molar-refractivity contribution in [3.8, 4) is 0 Å². The molecule has 0 spiro atoms. The second-order valence-corrected chi connectivity index (χ2v) is 7.80. The standard InChI is InChI=1S/C15H21FN2O2S/c16-13-5-3-7-15(12(13)10-17)21(19,20)18-9-8-11-4-1-2-6-14(11)18/h3,5,7,11,14H,1-2,4,6,8-10,17H2. The van der Waals surface area contributed by atoms with Gasteiger partial charge in [-0.3, -0.25) is 0 Å². The van der Waals surface area contributed by atoms with Crippen molar-refractivity contribution in [2.75, 3.05) is 6.54 Å². The van der Waals surface area contributed by atoms with E-state index in [1.165, 1.54) is 24.6 Å². The van der Waals surface area contributed by atoms with E-state index in [0.29, 0.717) is 12.5 Å². The van der Waals surface area contributed by atoms with Gasteiger partial charge in [-0.15, -0.1) is 0 Å². The van der Waals surface area contributed by atoms with Crippen LogP contribution in [0.15, 0.2) is 23.1 Å². The monoisotopic (exact) mass is 312 g/mol. The highest BCUT2D eigenvalue weighted by Crippen LogP contribution is 2.39. The molecule has 1 saturated heterocycles. The Kier molecular flexibility index (Phi) is 4.03. The topological polar surface area (TPSA) is 63.4 Å². The van der Waals surface area contributed by atoms with Gasteiger partial charge < -0.3 is 5.73 Å². The molecule has 3 rings (SSSR count). The van der Waals surface area contributed by atoms with E-state index in [0.717, 1.165) is 25.7 Å². The normalized spacial score (nSPS) is 26.8. The highest BCUT2D eigenvalue weighted by Gasteiger charge is 2.42. The van der Waals surface area contributed by atoms with E-state index >= 15 is 0 Å². The summed E-state index contributed by atoms with van der Waals surface area (Å²) in [6.45, 7) is 0.432. The molecule has 0 radical (unpaired) electrons. The first-order valence-electron chi connectivity index (χ1n) is 7.55. The third-order valence-electron chi connectivity index (χ3n) is 4.83. The van der Waals surface area contributed by atoms with Crippen molar-refractivity contribution in [1.82, 2.24) is 4.31 Å². The molecule has 2 N–H and O–H groups in total. The first kappa shape index (κ1) is 14.9. The summed E-state index contributed by atoms with van der Waals surface area (Å²) in [5, 5.41) is 0. The molecule has 2 atom stereocenters. The van der Waals surface area contributed by atoms with Crippen molar-refractivity contribution in [2.45, 2.75) is 49.6 Å². The Morgan fingerprint density at radius 3 is 2.76 bits per heavy atom. The number of fused-ring (bicyclic) bond motifs is 1. The van der Waals surface area contributed by atoms with Crippen LogP contribution in [0.25, 0.3) is 0 Å². The number of benzene rings is 1. The zero-order valence-electron chi connectivity index (χ0n) is 12.0. The first-order chi connectivity index (χ1) is 10.1. The lowest BCUT2D eigenvalue weighted by molar-refractivity contribution is 0.260. The minimum absolute atomic E-state index is 0.0382. The quantitative estimate of drug-likeness (QED) is 0.931. The highest BCUT2D eigenvalue weighted by molar-refractivity contribution is 7.89. The van der Waals surface area contributed by atoms with Gasteiger partial charge >= 0.3 is 0 Å². The largest absolute Gasteiger partial charge is 0.326 e. The zero-order valence-corrected chi connectivity index (χ0v) is 12.8. The van der Waals surface area contributed by atoms with E-state index in [1.54, 1.807) is 4.31 Å². The van der Waals surface area contributed by atoms with Crippen molar-refractivity contribution >= 4 is 10.0 Å². The molecule has 116 valence electrons. The van der Waals surface area contributed by atoms with Crippen LogP contribution in [0.4, 0.5) is 4.39 Å². The number of sulfonamides is 1. The molecule has 2 aliphatic rings. The van der Waals surface area contributed by atoms with Gasteiger partial charge in [0.25, 0.3) is 0 Å². The second-order valence-electron chi connectivity index (χ2n) is 5.94. The highest BCUT2D eigenvalue weighted by atomic mass is 32.2. The molecule has 4 nitrogen and oxygen atoms in total. The minimum atomic E-state index is -3.66. The molecule has 0 bridgehead atoms. The summed E-state index contributed by atoms with van der Waals surface area (Å²) < 4.78 is 41.3. The fourth-order valence-corrected chi connectivity index (χ4v) is 5.74.